The molecule has 0 spiro atoms. The van der Waals surface area contributed by atoms with E-state index >= 15 is 0 Å². The van der Waals surface area contributed by atoms with Gasteiger partial charge >= 0.3 is 6.09 Å². The molecule has 0 aromatic heterocycles. The molecule has 0 aliphatic heterocycles. The van der Waals surface area contributed by atoms with Crippen LogP contribution in [0.25, 0.3) is 0 Å². The summed E-state index contributed by atoms with van der Waals surface area (Å²) >= 11 is 0. The van der Waals surface area contributed by atoms with Gasteiger partial charge in [0.1, 0.15) is 11.4 Å². The highest BCUT2D eigenvalue weighted by atomic mass is 28.4. The van der Waals surface area contributed by atoms with Crippen molar-refractivity contribution in [2.75, 3.05) is 25.5 Å². The molecule has 1 rings (SSSR count). The number of ether oxygens (including phenoxy) is 2. The van der Waals surface area contributed by atoms with Gasteiger partial charge in [0.25, 0.3) is 0 Å². The van der Waals surface area contributed by atoms with Crippen molar-refractivity contribution in [2.24, 2.45) is 5.73 Å². The van der Waals surface area contributed by atoms with E-state index in [1.54, 1.807) is 11.0 Å². The smallest absolute Gasteiger partial charge is 0.410 e. The molecule has 0 saturated heterocycles. The van der Waals surface area contributed by atoms with Gasteiger partial charge in [-0.3, -0.25) is 5.73 Å². The van der Waals surface area contributed by atoms with Crippen molar-refractivity contribution in [3.8, 4) is 5.75 Å². The molecule has 1 aromatic rings. The Kier molecular flexibility index (Phi) is 11.5. The summed E-state index contributed by atoms with van der Waals surface area (Å²) in [6, 6.07) is 5.78. The zero-order chi connectivity index (χ0) is 26.9. The number of hydrogen-bond acceptors (Lipinski definition) is 6. The van der Waals surface area contributed by atoms with E-state index in [2.05, 4.69) is 45.8 Å². The minimum atomic E-state index is -1.92. The second-order valence-corrected chi connectivity index (χ2v) is 16.0. The molecule has 1 unspecified atom stereocenters. The van der Waals surface area contributed by atoms with Crippen LogP contribution in [0.1, 0.15) is 53.5 Å². The number of allylic oxidation sites excluding steroid dienone is 2. The summed E-state index contributed by atoms with van der Waals surface area (Å²) < 4.78 is 17.9. The number of anilines is 1. The van der Waals surface area contributed by atoms with E-state index in [-0.39, 0.29) is 11.1 Å². The molecule has 0 radical (unpaired) electrons. The number of benzene rings is 1. The first-order valence-electron chi connectivity index (χ1n) is 12.2. The van der Waals surface area contributed by atoms with Crippen LogP contribution in [0, 0.1) is 0 Å². The molecule has 8 heteroatoms. The predicted molar refractivity (Wildman–Crippen MR) is 148 cm³/mol. The van der Waals surface area contributed by atoms with Gasteiger partial charge in [0.2, 0.25) is 0 Å². The van der Waals surface area contributed by atoms with E-state index in [4.69, 9.17) is 19.6 Å². The molecule has 1 aromatic carbocycles. The zero-order valence-electron chi connectivity index (χ0n) is 23.2. The summed E-state index contributed by atoms with van der Waals surface area (Å²) in [4.78, 5) is 14.7. The maximum absolute atomic E-state index is 13.0. The number of amides is 1. The van der Waals surface area contributed by atoms with Crippen molar-refractivity contribution >= 4 is 20.1 Å². The highest BCUT2D eigenvalue weighted by Crippen LogP contribution is 2.36. The SMILES string of the molecule is C=C/C=C\CC(N)Oc1ccc(CN(CCO[Si](C)(C)C(C)(C)C)C(=O)OC(C)(C)C)cc1NC. The lowest BCUT2D eigenvalue weighted by Gasteiger charge is -2.37. The minimum absolute atomic E-state index is 0.101. The summed E-state index contributed by atoms with van der Waals surface area (Å²) in [6.45, 7) is 21.6. The molecule has 0 bridgehead atoms. The molecule has 198 valence electrons. The van der Waals surface area contributed by atoms with E-state index in [1.165, 1.54) is 0 Å². The molecule has 7 nitrogen and oxygen atoms in total. The van der Waals surface area contributed by atoms with E-state index in [1.807, 2.05) is 58.2 Å². The number of rotatable bonds is 12. The topological polar surface area (TPSA) is 86.0 Å². The fourth-order valence-corrected chi connectivity index (χ4v) is 3.94. The number of carbonyl (C=O) groups excluding carboxylic acids is 1. The van der Waals surface area contributed by atoms with Gasteiger partial charge in [-0.25, -0.2) is 4.79 Å². The number of hydrogen-bond donors (Lipinski definition) is 2. The van der Waals surface area contributed by atoms with Crippen LogP contribution < -0.4 is 15.8 Å². The molecule has 35 heavy (non-hydrogen) atoms. The third-order valence-corrected chi connectivity index (χ3v) is 10.4. The van der Waals surface area contributed by atoms with Crippen molar-refractivity contribution in [3.63, 3.8) is 0 Å². The number of carbonyl (C=O) groups is 1. The van der Waals surface area contributed by atoms with Crippen LogP contribution in [-0.4, -0.2) is 51.3 Å². The van der Waals surface area contributed by atoms with Crippen molar-refractivity contribution in [2.45, 2.75) is 84.5 Å². The predicted octanol–water partition coefficient (Wildman–Crippen LogP) is 6.28. The van der Waals surface area contributed by atoms with Gasteiger partial charge in [-0.15, -0.1) is 0 Å². The van der Waals surface area contributed by atoms with Crippen LogP contribution in [-0.2, 0) is 15.7 Å². The van der Waals surface area contributed by atoms with Crippen molar-refractivity contribution in [1.82, 2.24) is 4.90 Å². The minimum Gasteiger partial charge on any atom is -0.473 e. The Hall–Kier alpha value is -2.29. The van der Waals surface area contributed by atoms with E-state index < -0.39 is 20.1 Å². The summed E-state index contributed by atoms with van der Waals surface area (Å²) in [6.07, 6.45) is 5.18. The van der Waals surface area contributed by atoms with Crippen molar-refractivity contribution in [3.05, 3.63) is 48.6 Å². The van der Waals surface area contributed by atoms with Gasteiger partial charge in [0.15, 0.2) is 14.5 Å². The maximum Gasteiger partial charge on any atom is 0.410 e. The summed E-state index contributed by atoms with van der Waals surface area (Å²) in [7, 11) is -0.0959. The van der Waals surface area contributed by atoms with Crippen molar-refractivity contribution in [1.29, 1.82) is 0 Å². The monoisotopic (exact) mass is 505 g/mol. The lowest BCUT2D eigenvalue weighted by Crippen LogP contribution is -2.44. The average Bonchev–Trinajstić information content (AvgIpc) is 2.72. The fourth-order valence-electron chi connectivity index (χ4n) is 2.90. The Morgan fingerprint density at radius 3 is 2.43 bits per heavy atom. The van der Waals surface area contributed by atoms with Crippen LogP contribution in [0.5, 0.6) is 5.75 Å². The maximum atomic E-state index is 13.0. The van der Waals surface area contributed by atoms with Crippen LogP contribution in [0.15, 0.2) is 43.0 Å². The molecule has 3 N–H and O–H groups in total. The fraction of sp³-hybridized carbons (Fsp3) is 0.593. The number of nitrogens with one attached hydrogen (secondary N) is 1. The third-order valence-electron chi connectivity index (χ3n) is 5.89. The van der Waals surface area contributed by atoms with Gasteiger partial charge in [0, 0.05) is 26.6 Å². The quantitative estimate of drug-likeness (QED) is 0.197. The summed E-state index contributed by atoms with van der Waals surface area (Å²) in [5.41, 5.74) is 7.25. The molecule has 0 saturated carbocycles. The van der Waals surface area contributed by atoms with Gasteiger partial charge < -0.3 is 24.1 Å². The zero-order valence-corrected chi connectivity index (χ0v) is 24.2. The first-order chi connectivity index (χ1) is 16.1. The first-order valence-corrected chi connectivity index (χ1v) is 15.1. The highest BCUT2D eigenvalue weighted by Gasteiger charge is 2.37. The first kappa shape index (κ1) is 30.7. The number of nitrogens with two attached hydrogens (primary N) is 1. The third kappa shape index (κ3) is 10.9. The standard InChI is InChI=1S/C27H47N3O4Si/c1-11-12-13-14-24(28)33-23-16-15-21(19-22(23)29-8)20-30(25(31)34-26(2,3)4)17-18-32-35(9,10)27(5,6)7/h11-13,15-16,19,24,29H,1,14,17-18,20,28H2,2-10H3/b13-12-. The van der Waals surface area contributed by atoms with Crippen LogP contribution in [0.2, 0.25) is 18.1 Å². The Bertz CT molecular complexity index is 857. The Morgan fingerprint density at radius 2 is 1.89 bits per heavy atom. The molecular weight excluding hydrogens is 458 g/mol. The normalized spacial score (nSPS) is 13.4. The lowest BCUT2D eigenvalue weighted by molar-refractivity contribution is 0.0205. The average molecular weight is 506 g/mol. The van der Waals surface area contributed by atoms with Crippen molar-refractivity contribution < 1.29 is 18.7 Å². The second kappa shape index (κ2) is 13.1. The largest absolute Gasteiger partial charge is 0.473 e. The summed E-state index contributed by atoms with van der Waals surface area (Å²) in [5.74, 6) is 0.654. The Balaban J connectivity index is 3.01. The van der Waals surface area contributed by atoms with E-state index in [9.17, 15) is 4.79 Å². The summed E-state index contributed by atoms with van der Waals surface area (Å²) in [5, 5.41) is 3.26. The molecule has 0 heterocycles. The molecular formula is C27H47N3O4Si. The van der Waals surface area contributed by atoms with Gasteiger partial charge in [-0.1, -0.05) is 51.6 Å². The van der Waals surface area contributed by atoms with E-state index in [0.29, 0.717) is 31.9 Å². The highest BCUT2D eigenvalue weighted by molar-refractivity contribution is 6.74. The van der Waals surface area contributed by atoms with Crippen LogP contribution in [0.3, 0.4) is 0 Å². The van der Waals surface area contributed by atoms with Gasteiger partial charge in [0.05, 0.1) is 12.3 Å². The lowest BCUT2D eigenvalue weighted by atomic mass is 10.1. The molecule has 0 aliphatic carbocycles. The van der Waals surface area contributed by atoms with Gasteiger partial charge in [-0.05, 0) is 56.6 Å². The number of nitrogens with zero attached hydrogens (tertiary/aromatic N) is 1. The Morgan fingerprint density at radius 1 is 1.23 bits per heavy atom. The molecule has 1 atom stereocenters. The molecule has 0 aliphatic rings. The van der Waals surface area contributed by atoms with Gasteiger partial charge in [-0.2, -0.15) is 0 Å². The second-order valence-electron chi connectivity index (χ2n) is 11.1. The van der Waals surface area contributed by atoms with E-state index in [0.717, 1.165) is 11.3 Å². The molecule has 1 amide bonds. The Labute approximate surface area is 213 Å². The van der Waals surface area contributed by atoms with Crippen LogP contribution in [0.4, 0.5) is 10.5 Å². The van der Waals surface area contributed by atoms with Crippen LogP contribution >= 0.6 is 0 Å². The molecule has 0 fully saturated rings.